The highest BCUT2D eigenvalue weighted by molar-refractivity contribution is 7.99. The van der Waals surface area contributed by atoms with Gasteiger partial charge in [-0.3, -0.25) is 4.57 Å². The van der Waals surface area contributed by atoms with Crippen LogP contribution >= 0.6 is 11.8 Å². The Labute approximate surface area is 127 Å². The topological polar surface area (TPSA) is 88.5 Å². The van der Waals surface area contributed by atoms with Crippen molar-refractivity contribution in [3.63, 3.8) is 0 Å². The molecule has 2 aromatic rings. The zero-order valence-corrected chi connectivity index (χ0v) is 13.9. The fraction of sp³-hybridized carbons (Fsp3) is 0.538. The second-order valence-corrected chi connectivity index (χ2v) is 6.75. The van der Waals surface area contributed by atoms with Crippen LogP contribution in [0.1, 0.15) is 32.2 Å². The minimum atomic E-state index is -0.242. The summed E-state index contributed by atoms with van der Waals surface area (Å²) in [6.07, 6.45) is 0. The summed E-state index contributed by atoms with van der Waals surface area (Å²) in [5.74, 6) is 1.54. The third-order valence-corrected chi connectivity index (χ3v) is 4.17. The molecule has 7 nitrogen and oxygen atoms in total. The van der Waals surface area contributed by atoms with Crippen LogP contribution < -0.4 is 11.0 Å². The fourth-order valence-electron chi connectivity index (χ4n) is 1.68. The molecule has 0 bridgehead atoms. The average molecular weight is 308 g/mol. The fourth-order valence-corrected chi connectivity index (χ4v) is 2.55. The van der Waals surface area contributed by atoms with Gasteiger partial charge in [0.15, 0.2) is 5.16 Å². The van der Waals surface area contributed by atoms with Crippen LogP contribution in [0, 0.1) is 6.92 Å². The Morgan fingerprint density at radius 2 is 1.95 bits per heavy atom. The average Bonchev–Trinajstić information content (AvgIpc) is 2.71. The maximum atomic E-state index is 11.5. The van der Waals surface area contributed by atoms with Gasteiger partial charge < -0.3 is 5.32 Å². The first-order valence-corrected chi connectivity index (χ1v) is 7.41. The smallest absolute Gasteiger partial charge is 0.343 e. The molecule has 0 amide bonds. The van der Waals surface area contributed by atoms with Gasteiger partial charge in [0.2, 0.25) is 0 Å². The zero-order valence-electron chi connectivity index (χ0n) is 13.1. The van der Waals surface area contributed by atoms with Crippen molar-refractivity contribution >= 4 is 17.6 Å². The van der Waals surface area contributed by atoms with Gasteiger partial charge in [0, 0.05) is 25.1 Å². The molecule has 0 atom stereocenters. The predicted octanol–water partition coefficient (Wildman–Crippen LogP) is 1.70. The lowest BCUT2D eigenvalue weighted by Crippen LogP contribution is -2.18. The van der Waals surface area contributed by atoms with Crippen LogP contribution in [0.15, 0.2) is 15.0 Å². The first-order valence-electron chi connectivity index (χ1n) is 6.60. The van der Waals surface area contributed by atoms with Crippen molar-refractivity contribution in [3.05, 3.63) is 21.9 Å². The Hall–Kier alpha value is -1.83. The second-order valence-electron chi connectivity index (χ2n) is 5.80. The molecule has 21 heavy (non-hydrogen) atoms. The highest BCUT2D eigenvalue weighted by Gasteiger charge is 2.22. The summed E-state index contributed by atoms with van der Waals surface area (Å²) in [6.45, 7) is 8.15. The molecule has 8 heteroatoms. The molecule has 0 aliphatic carbocycles. The summed E-state index contributed by atoms with van der Waals surface area (Å²) in [4.78, 5) is 20.7. The lowest BCUT2D eigenvalue weighted by atomic mass is 9.95. The molecule has 0 aromatic carbocycles. The van der Waals surface area contributed by atoms with E-state index >= 15 is 0 Å². The summed E-state index contributed by atoms with van der Waals surface area (Å²) < 4.78 is 1.46. The number of nitrogens with zero attached hydrogens (tertiary/aromatic N) is 4. The monoisotopic (exact) mass is 308 g/mol. The zero-order chi connectivity index (χ0) is 15.8. The van der Waals surface area contributed by atoms with Gasteiger partial charge >= 0.3 is 5.69 Å². The Bertz CT molecular complexity index is 712. The van der Waals surface area contributed by atoms with Crippen LogP contribution in [0.25, 0.3) is 0 Å². The molecule has 114 valence electrons. The first kappa shape index (κ1) is 15.6. The van der Waals surface area contributed by atoms with Crippen LogP contribution in [-0.4, -0.2) is 31.8 Å². The van der Waals surface area contributed by atoms with Crippen molar-refractivity contribution in [1.29, 1.82) is 0 Å². The van der Waals surface area contributed by atoms with Gasteiger partial charge in [0.1, 0.15) is 16.7 Å². The number of rotatable bonds is 3. The standard InChI is InChI=1S/C13H20N6OS/c1-7-8(14-5)15-10(13(2,3)4)16-9(7)21-12-18-17-11(20)19(12)6/h1-6H3,(H,17,20)(H,14,15,16). The van der Waals surface area contributed by atoms with E-state index < -0.39 is 0 Å². The van der Waals surface area contributed by atoms with E-state index in [9.17, 15) is 4.79 Å². The van der Waals surface area contributed by atoms with Gasteiger partial charge in [-0.2, -0.15) is 0 Å². The van der Waals surface area contributed by atoms with Crippen LogP contribution in [-0.2, 0) is 12.5 Å². The highest BCUT2D eigenvalue weighted by Crippen LogP contribution is 2.31. The van der Waals surface area contributed by atoms with Gasteiger partial charge in [-0.15, -0.1) is 5.10 Å². The lowest BCUT2D eigenvalue weighted by Gasteiger charge is -2.19. The molecule has 0 aliphatic heterocycles. The minimum absolute atomic E-state index is 0.161. The maximum Gasteiger partial charge on any atom is 0.343 e. The summed E-state index contributed by atoms with van der Waals surface area (Å²) in [5, 5.41) is 10.9. The van der Waals surface area contributed by atoms with Gasteiger partial charge in [0.05, 0.1) is 0 Å². The van der Waals surface area contributed by atoms with E-state index in [1.807, 2.05) is 14.0 Å². The molecule has 0 unspecified atom stereocenters. The molecule has 0 saturated heterocycles. The summed E-state index contributed by atoms with van der Waals surface area (Å²) in [5.41, 5.74) is 0.534. The predicted molar refractivity (Wildman–Crippen MR) is 83.0 cm³/mol. The third kappa shape index (κ3) is 3.10. The molecule has 0 fully saturated rings. The lowest BCUT2D eigenvalue weighted by molar-refractivity contribution is 0.538. The molecule has 2 aromatic heterocycles. The number of anilines is 1. The summed E-state index contributed by atoms with van der Waals surface area (Å²) in [7, 11) is 3.51. The van der Waals surface area contributed by atoms with Crippen molar-refractivity contribution in [2.45, 2.75) is 43.3 Å². The number of aromatic amines is 1. The molecule has 2 rings (SSSR count). The number of hydrogen-bond donors (Lipinski definition) is 2. The normalized spacial score (nSPS) is 11.7. The Kier molecular flexibility index (Phi) is 4.08. The van der Waals surface area contributed by atoms with Gasteiger partial charge in [0.25, 0.3) is 0 Å². The van der Waals surface area contributed by atoms with E-state index in [4.69, 9.17) is 0 Å². The molecule has 0 saturated carbocycles. The Morgan fingerprint density at radius 1 is 1.29 bits per heavy atom. The minimum Gasteiger partial charge on any atom is -0.373 e. The van der Waals surface area contributed by atoms with Gasteiger partial charge in [-0.05, 0) is 18.7 Å². The first-order chi connectivity index (χ1) is 9.74. The number of nitrogens with one attached hydrogen (secondary N) is 2. The maximum absolute atomic E-state index is 11.5. The number of hydrogen-bond acceptors (Lipinski definition) is 6. The summed E-state index contributed by atoms with van der Waals surface area (Å²) >= 11 is 1.35. The van der Waals surface area contributed by atoms with E-state index in [1.165, 1.54) is 16.3 Å². The SMILES string of the molecule is CNc1nc(C(C)(C)C)nc(Sc2n[nH]c(=O)n2C)c1C. The van der Waals surface area contributed by atoms with Crippen LogP contribution in [0.5, 0.6) is 0 Å². The van der Waals surface area contributed by atoms with Crippen molar-refractivity contribution in [2.24, 2.45) is 7.05 Å². The van der Waals surface area contributed by atoms with Crippen molar-refractivity contribution < 1.29 is 0 Å². The van der Waals surface area contributed by atoms with E-state index in [2.05, 4.69) is 46.3 Å². The molecule has 0 aliphatic rings. The Morgan fingerprint density at radius 3 is 2.43 bits per heavy atom. The number of aromatic nitrogens is 5. The van der Waals surface area contributed by atoms with E-state index in [1.54, 1.807) is 7.05 Å². The quantitative estimate of drug-likeness (QED) is 0.839. The van der Waals surface area contributed by atoms with Crippen molar-refractivity contribution in [2.75, 3.05) is 12.4 Å². The van der Waals surface area contributed by atoms with E-state index in [-0.39, 0.29) is 11.1 Å². The van der Waals surface area contributed by atoms with Crippen molar-refractivity contribution in [1.82, 2.24) is 24.7 Å². The van der Waals surface area contributed by atoms with Crippen molar-refractivity contribution in [3.8, 4) is 0 Å². The van der Waals surface area contributed by atoms with E-state index in [0.717, 1.165) is 22.2 Å². The molecule has 0 radical (unpaired) electrons. The van der Waals surface area contributed by atoms with Crippen LogP contribution in [0.2, 0.25) is 0 Å². The molecule has 2 N–H and O–H groups in total. The second kappa shape index (κ2) is 5.51. The summed E-state index contributed by atoms with van der Waals surface area (Å²) in [6, 6.07) is 0. The molecular weight excluding hydrogens is 288 g/mol. The van der Waals surface area contributed by atoms with Gasteiger partial charge in [-0.25, -0.2) is 19.9 Å². The molecular formula is C13H20N6OS. The van der Waals surface area contributed by atoms with Crippen LogP contribution in [0.4, 0.5) is 5.82 Å². The van der Waals surface area contributed by atoms with Crippen LogP contribution in [0.3, 0.4) is 0 Å². The molecule has 2 heterocycles. The highest BCUT2D eigenvalue weighted by atomic mass is 32.2. The molecule has 0 spiro atoms. The third-order valence-electron chi connectivity index (χ3n) is 3.04. The Balaban J connectivity index is 2.52. The van der Waals surface area contributed by atoms with E-state index in [0.29, 0.717) is 5.16 Å². The van der Waals surface area contributed by atoms with Gasteiger partial charge in [-0.1, -0.05) is 20.8 Å². The number of H-pyrrole nitrogens is 1. The largest absolute Gasteiger partial charge is 0.373 e.